The van der Waals surface area contributed by atoms with Crippen molar-refractivity contribution in [3.05, 3.63) is 0 Å². The summed E-state index contributed by atoms with van der Waals surface area (Å²) in [6.07, 6.45) is 61.0. The maximum atomic E-state index is 13.1. The first-order valence-corrected chi connectivity index (χ1v) is 44.5. The molecule has 0 saturated carbocycles. The zero-order valence-corrected chi connectivity index (χ0v) is 66.6. The smallest absolute Gasteiger partial charge is 0.462 e. The minimum atomic E-state index is -4.96. The van der Waals surface area contributed by atoms with E-state index in [1.165, 1.54) is 238 Å². The lowest BCUT2D eigenvalue weighted by Gasteiger charge is -2.21. The average Bonchev–Trinajstić information content (AvgIpc) is 1.01. The fourth-order valence-corrected chi connectivity index (χ4v) is 13.9. The standard InChI is InChI=1S/C80H156O17P2/c1-7-9-11-13-15-17-19-20-21-22-23-24-25-26-34-40-46-52-58-64-79(84)96-76(69-91-78(83)63-57-51-45-39-33-28-27-31-36-42-48-54-60-72(3)4)71-95-99(88,89)93-67-74(81)66-92-98(86,87)94-70-75(68-90-77(82)62-56-50-44-38-30-18-16-14-12-10-8-2)97-80(85)65-59-53-47-41-35-29-32-37-43-49-55-61-73(5)6/h72-76,81H,7-71H2,1-6H3,(H,86,87)(H,88,89)/t74-,75+,76+/m0/s1. The highest BCUT2D eigenvalue weighted by molar-refractivity contribution is 7.47. The van der Waals surface area contributed by atoms with Crippen molar-refractivity contribution in [1.82, 2.24) is 0 Å². The normalized spacial score (nSPS) is 13.9. The molecule has 0 aliphatic heterocycles. The summed E-state index contributed by atoms with van der Waals surface area (Å²) in [5.74, 6) is -0.562. The van der Waals surface area contributed by atoms with E-state index >= 15 is 0 Å². The highest BCUT2D eigenvalue weighted by atomic mass is 31.2. The Bertz CT molecular complexity index is 1910. The van der Waals surface area contributed by atoms with Gasteiger partial charge in [-0.3, -0.25) is 37.3 Å². The SMILES string of the molecule is CCCCCCCCCCCCCCCCCCCCCC(=O)O[C@H](COC(=O)CCCCCCCCCCCCCCC(C)C)COP(=O)(O)OC[C@@H](O)COP(=O)(O)OC[C@@H](COC(=O)CCCCCCCCCCCCC)OC(=O)CCCCCCCCCCCCCC(C)C. The Balaban J connectivity index is 5.25. The van der Waals surface area contributed by atoms with Crippen LogP contribution in [0.4, 0.5) is 0 Å². The lowest BCUT2D eigenvalue weighted by Crippen LogP contribution is -2.30. The zero-order valence-electron chi connectivity index (χ0n) is 64.8. The van der Waals surface area contributed by atoms with Gasteiger partial charge in [-0.15, -0.1) is 0 Å². The molecule has 588 valence electrons. The number of carbonyl (C=O) groups excluding carboxylic acids is 4. The first-order valence-electron chi connectivity index (χ1n) is 41.5. The molecule has 0 aliphatic carbocycles. The van der Waals surface area contributed by atoms with Gasteiger partial charge in [0.25, 0.3) is 0 Å². The average molecular weight is 1450 g/mol. The maximum absolute atomic E-state index is 13.1. The highest BCUT2D eigenvalue weighted by Gasteiger charge is 2.30. The second-order valence-corrected chi connectivity index (χ2v) is 32.7. The van der Waals surface area contributed by atoms with Crippen LogP contribution in [0.5, 0.6) is 0 Å². The van der Waals surface area contributed by atoms with Crippen LogP contribution in [0.3, 0.4) is 0 Å². The topological polar surface area (TPSA) is 237 Å². The lowest BCUT2D eigenvalue weighted by atomic mass is 10.0. The Morgan fingerprint density at radius 1 is 0.273 bits per heavy atom. The maximum Gasteiger partial charge on any atom is 0.472 e. The summed E-state index contributed by atoms with van der Waals surface area (Å²) >= 11 is 0. The predicted molar refractivity (Wildman–Crippen MR) is 405 cm³/mol. The number of carbonyl (C=O) groups is 4. The van der Waals surface area contributed by atoms with Gasteiger partial charge in [0, 0.05) is 25.7 Å². The minimum absolute atomic E-state index is 0.107. The van der Waals surface area contributed by atoms with E-state index in [9.17, 15) is 43.2 Å². The van der Waals surface area contributed by atoms with Crippen LogP contribution in [-0.4, -0.2) is 96.7 Å². The largest absolute Gasteiger partial charge is 0.472 e. The number of unbranched alkanes of at least 4 members (excludes halogenated alkanes) is 49. The summed E-state index contributed by atoms with van der Waals surface area (Å²) in [7, 11) is -9.92. The molecule has 5 atom stereocenters. The molecule has 2 unspecified atom stereocenters. The number of phosphoric ester groups is 2. The Kier molecular flexibility index (Phi) is 70.3. The zero-order chi connectivity index (χ0) is 72.8. The van der Waals surface area contributed by atoms with Crippen molar-refractivity contribution in [2.75, 3.05) is 39.6 Å². The molecule has 19 heteroatoms. The first kappa shape index (κ1) is 97.1. The summed E-state index contributed by atoms with van der Waals surface area (Å²) < 4.78 is 68.7. The number of phosphoric acid groups is 2. The van der Waals surface area contributed by atoms with Crippen molar-refractivity contribution < 1.29 is 80.2 Å². The summed E-state index contributed by atoms with van der Waals surface area (Å²) in [6, 6.07) is 0. The first-order chi connectivity index (χ1) is 47.9. The van der Waals surface area contributed by atoms with E-state index in [-0.39, 0.29) is 25.7 Å². The fraction of sp³-hybridized carbons (Fsp3) is 0.950. The van der Waals surface area contributed by atoms with Crippen molar-refractivity contribution in [3.8, 4) is 0 Å². The van der Waals surface area contributed by atoms with E-state index < -0.39 is 97.5 Å². The van der Waals surface area contributed by atoms with Crippen LogP contribution < -0.4 is 0 Å². The van der Waals surface area contributed by atoms with Gasteiger partial charge >= 0.3 is 39.5 Å². The Hall–Kier alpha value is -1.94. The Morgan fingerprint density at radius 3 is 0.687 bits per heavy atom. The van der Waals surface area contributed by atoms with Crippen molar-refractivity contribution >= 4 is 39.5 Å². The highest BCUT2D eigenvalue weighted by Crippen LogP contribution is 2.45. The summed E-state index contributed by atoms with van der Waals surface area (Å²) in [6.45, 7) is 9.64. The second-order valence-electron chi connectivity index (χ2n) is 29.8. The molecule has 0 aromatic carbocycles. The van der Waals surface area contributed by atoms with Gasteiger partial charge in [0.2, 0.25) is 0 Å². The van der Waals surface area contributed by atoms with Gasteiger partial charge in [0.15, 0.2) is 12.2 Å². The molecule has 0 aromatic heterocycles. The van der Waals surface area contributed by atoms with E-state index in [4.69, 9.17) is 37.0 Å². The van der Waals surface area contributed by atoms with Gasteiger partial charge in [0.05, 0.1) is 26.4 Å². The summed E-state index contributed by atoms with van der Waals surface area (Å²) in [5, 5.41) is 10.6. The third-order valence-electron chi connectivity index (χ3n) is 18.7. The van der Waals surface area contributed by atoms with Crippen LogP contribution in [0.1, 0.15) is 420 Å². The van der Waals surface area contributed by atoms with Gasteiger partial charge in [0.1, 0.15) is 19.3 Å². The van der Waals surface area contributed by atoms with Crippen LogP contribution in [0, 0.1) is 11.8 Å². The van der Waals surface area contributed by atoms with Crippen LogP contribution in [0.2, 0.25) is 0 Å². The fourth-order valence-electron chi connectivity index (χ4n) is 12.4. The third-order valence-corrected chi connectivity index (χ3v) is 20.6. The van der Waals surface area contributed by atoms with Crippen LogP contribution >= 0.6 is 15.6 Å². The van der Waals surface area contributed by atoms with E-state index in [0.717, 1.165) is 102 Å². The van der Waals surface area contributed by atoms with Crippen LogP contribution in [0.15, 0.2) is 0 Å². The van der Waals surface area contributed by atoms with Gasteiger partial charge < -0.3 is 33.8 Å². The molecule has 0 bridgehead atoms. The molecule has 0 rings (SSSR count). The Morgan fingerprint density at radius 2 is 0.465 bits per heavy atom. The van der Waals surface area contributed by atoms with Crippen LogP contribution in [0.25, 0.3) is 0 Å². The van der Waals surface area contributed by atoms with Crippen molar-refractivity contribution in [1.29, 1.82) is 0 Å². The number of rotatable bonds is 79. The Labute approximate surface area is 607 Å². The van der Waals surface area contributed by atoms with E-state index in [0.29, 0.717) is 25.7 Å². The number of aliphatic hydroxyl groups is 1. The van der Waals surface area contributed by atoms with Crippen molar-refractivity contribution in [3.63, 3.8) is 0 Å². The van der Waals surface area contributed by atoms with Gasteiger partial charge in [-0.1, -0.05) is 369 Å². The van der Waals surface area contributed by atoms with E-state index in [2.05, 4.69) is 41.5 Å². The second kappa shape index (κ2) is 71.7. The predicted octanol–water partition coefficient (Wildman–Crippen LogP) is 23.9. The van der Waals surface area contributed by atoms with E-state index in [1.54, 1.807) is 0 Å². The quantitative estimate of drug-likeness (QED) is 0.0222. The van der Waals surface area contributed by atoms with E-state index in [1.807, 2.05) is 0 Å². The van der Waals surface area contributed by atoms with Gasteiger partial charge in [-0.05, 0) is 37.5 Å². The molecule has 0 saturated heterocycles. The summed E-state index contributed by atoms with van der Waals surface area (Å²) in [5.41, 5.74) is 0. The van der Waals surface area contributed by atoms with Crippen molar-refractivity contribution in [2.45, 2.75) is 439 Å². The number of esters is 4. The summed E-state index contributed by atoms with van der Waals surface area (Å²) in [4.78, 5) is 73.0. The molecule has 0 radical (unpaired) electrons. The molecule has 0 fully saturated rings. The third kappa shape index (κ3) is 74.1. The molecule has 0 amide bonds. The number of hydrogen-bond donors (Lipinski definition) is 3. The van der Waals surface area contributed by atoms with Gasteiger partial charge in [-0.25, -0.2) is 9.13 Å². The molecule has 3 N–H and O–H groups in total. The molecular formula is C80H156O17P2. The minimum Gasteiger partial charge on any atom is -0.462 e. The number of aliphatic hydroxyl groups excluding tert-OH is 1. The molecule has 17 nitrogen and oxygen atoms in total. The molecule has 0 spiro atoms. The monoisotopic (exact) mass is 1450 g/mol. The molecule has 0 aliphatic rings. The van der Waals surface area contributed by atoms with Gasteiger partial charge in [-0.2, -0.15) is 0 Å². The molecular weight excluding hydrogens is 1290 g/mol. The van der Waals surface area contributed by atoms with Crippen LogP contribution in [-0.2, 0) is 65.4 Å². The molecule has 0 aromatic rings. The number of hydrogen-bond acceptors (Lipinski definition) is 15. The molecule has 0 heterocycles. The van der Waals surface area contributed by atoms with Crippen molar-refractivity contribution in [2.24, 2.45) is 11.8 Å². The number of ether oxygens (including phenoxy) is 4. The molecule has 99 heavy (non-hydrogen) atoms. The lowest BCUT2D eigenvalue weighted by molar-refractivity contribution is -0.161.